The van der Waals surface area contributed by atoms with Crippen molar-refractivity contribution in [1.82, 2.24) is 5.06 Å². The van der Waals surface area contributed by atoms with Gasteiger partial charge < -0.3 is 4.74 Å². The van der Waals surface area contributed by atoms with Gasteiger partial charge in [0.15, 0.2) is 0 Å². The Hall–Kier alpha value is -1.47. The predicted molar refractivity (Wildman–Crippen MR) is 62.5 cm³/mol. The van der Waals surface area contributed by atoms with E-state index in [0.29, 0.717) is 0 Å². The maximum absolute atomic E-state index is 11.6. The summed E-state index contributed by atoms with van der Waals surface area (Å²) < 4.78 is 5.15. The van der Waals surface area contributed by atoms with Gasteiger partial charge in [-0.05, 0) is 27.7 Å². The molecule has 0 unspecified atom stereocenters. The van der Waals surface area contributed by atoms with Crippen LogP contribution in [-0.2, 0) is 9.57 Å². The van der Waals surface area contributed by atoms with Crippen LogP contribution in [0.4, 0.5) is 4.79 Å². The Morgan fingerprint density at radius 1 is 1.50 bits per heavy atom. The second-order valence-electron chi connectivity index (χ2n) is 4.03. The maximum atomic E-state index is 11.6. The monoisotopic (exact) mass is 225 g/mol. The standard InChI is InChI=1S/C12H19NO3/c1-6-8-10-15-13(9-7-2)11(14)16-12(3,4)5/h7H,2,9-10H2,1,3-5H3. The molecule has 0 aliphatic rings. The van der Waals surface area contributed by atoms with Crippen molar-refractivity contribution < 1.29 is 14.4 Å². The zero-order chi connectivity index (χ0) is 12.6. The summed E-state index contributed by atoms with van der Waals surface area (Å²) in [5.74, 6) is 5.37. The van der Waals surface area contributed by atoms with Crippen LogP contribution < -0.4 is 0 Å². The molecule has 0 rings (SSSR count). The van der Waals surface area contributed by atoms with Crippen molar-refractivity contribution in [1.29, 1.82) is 0 Å². The molecule has 0 saturated heterocycles. The number of rotatable bonds is 4. The Morgan fingerprint density at radius 3 is 2.56 bits per heavy atom. The van der Waals surface area contributed by atoms with Crippen LogP contribution in [0.15, 0.2) is 12.7 Å². The number of nitrogens with zero attached hydrogens (tertiary/aromatic N) is 1. The Kier molecular flexibility index (Phi) is 6.28. The number of carbonyl (C=O) groups is 1. The normalized spacial score (nSPS) is 10.0. The van der Waals surface area contributed by atoms with Gasteiger partial charge in [0, 0.05) is 0 Å². The van der Waals surface area contributed by atoms with Crippen LogP contribution in [0.2, 0.25) is 0 Å². The quantitative estimate of drug-likeness (QED) is 0.419. The highest BCUT2D eigenvalue weighted by molar-refractivity contribution is 5.67. The second kappa shape index (κ2) is 6.91. The van der Waals surface area contributed by atoms with Crippen LogP contribution in [0.1, 0.15) is 27.7 Å². The molecule has 0 aromatic carbocycles. The Morgan fingerprint density at radius 2 is 2.12 bits per heavy atom. The van der Waals surface area contributed by atoms with E-state index in [1.165, 1.54) is 0 Å². The fraction of sp³-hybridized carbons (Fsp3) is 0.583. The fourth-order valence-corrected chi connectivity index (χ4v) is 0.792. The molecule has 0 aliphatic heterocycles. The van der Waals surface area contributed by atoms with Crippen LogP contribution in [0.25, 0.3) is 0 Å². The third kappa shape index (κ3) is 6.91. The van der Waals surface area contributed by atoms with E-state index >= 15 is 0 Å². The van der Waals surface area contributed by atoms with Gasteiger partial charge in [0.2, 0.25) is 0 Å². The van der Waals surface area contributed by atoms with Gasteiger partial charge in [-0.3, -0.25) is 4.84 Å². The van der Waals surface area contributed by atoms with Gasteiger partial charge in [-0.2, -0.15) is 5.06 Å². The number of carbonyl (C=O) groups excluding carboxylic acids is 1. The van der Waals surface area contributed by atoms with E-state index in [2.05, 4.69) is 18.4 Å². The summed E-state index contributed by atoms with van der Waals surface area (Å²) >= 11 is 0. The first-order valence-corrected chi connectivity index (χ1v) is 5.04. The van der Waals surface area contributed by atoms with Crippen LogP contribution in [0, 0.1) is 11.8 Å². The lowest BCUT2D eigenvalue weighted by atomic mass is 10.2. The largest absolute Gasteiger partial charge is 0.442 e. The van der Waals surface area contributed by atoms with Crippen molar-refractivity contribution in [3.8, 4) is 11.8 Å². The molecule has 4 nitrogen and oxygen atoms in total. The molecule has 0 spiro atoms. The van der Waals surface area contributed by atoms with E-state index in [4.69, 9.17) is 9.57 Å². The van der Waals surface area contributed by atoms with Gasteiger partial charge in [0.1, 0.15) is 12.2 Å². The minimum absolute atomic E-state index is 0.156. The summed E-state index contributed by atoms with van der Waals surface area (Å²) in [4.78, 5) is 16.8. The van der Waals surface area contributed by atoms with Crippen molar-refractivity contribution in [3.05, 3.63) is 12.7 Å². The van der Waals surface area contributed by atoms with Crippen LogP contribution in [-0.4, -0.2) is 29.9 Å². The fourth-order valence-electron chi connectivity index (χ4n) is 0.792. The average Bonchev–Trinajstić information content (AvgIpc) is 2.14. The SMILES string of the molecule is C=CCN(OCC#CC)C(=O)OC(C)(C)C. The highest BCUT2D eigenvalue weighted by Crippen LogP contribution is 2.10. The summed E-state index contributed by atoms with van der Waals surface area (Å²) in [6.45, 7) is 11.0. The number of ether oxygens (including phenoxy) is 1. The maximum Gasteiger partial charge on any atom is 0.434 e. The number of hydrogen-bond acceptors (Lipinski definition) is 3. The molecular formula is C12H19NO3. The van der Waals surface area contributed by atoms with Gasteiger partial charge in [-0.25, -0.2) is 4.79 Å². The minimum atomic E-state index is -0.545. The molecular weight excluding hydrogens is 206 g/mol. The first-order chi connectivity index (χ1) is 7.40. The molecule has 0 aromatic heterocycles. The molecule has 0 saturated carbocycles. The van der Waals surface area contributed by atoms with Crippen LogP contribution >= 0.6 is 0 Å². The molecule has 0 N–H and O–H groups in total. The van der Waals surface area contributed by atoms with Crippen molar-refractivity contribution in [3.63, 3.8) is 0 Å². The Bertz CT molecular complexity index is 294. The van der Waals surface area contributed by atoms with Crippen molar-refractivity contribution in [2.75, 3.05) is 13.2 Å². The van der Waals surface area contributed by atoms with Gasteiger partial charge in [-0.1, -0.05) is 12.0 Å². The Balaban J connectivity index is 4.32. The van der Waals surface area contributed by atoms with Crippen LogP contribution in [0.3, 0.4) is 0 Å². The van der Waals surface area contributed by atoms with Crippen LogP contribution in [0.5, 0.6) is 0 Å². The molecule has 0 bridgehead atoms. The lowest BCUT2D eigenvalue weighted by Gasteiger charge is -2.25. The summed E-state index contributed by atoms with van der Waals surface area (Å²) in [6.07, 6.45) is 1.02. The number of hydrogen-bond donors (Lipinski definition) is 0. The minimum Gasteiger partial charge on any atom is -0.442 e. The summed E-state index contributed by atoms with van der Waals surface area (Å²) in [5, 5.41) is 1.10. The number of amides is 1. The third-order valence-electron chi connectivity index (χ3n) is 1.36. The highest BCUT2D eigenvalue weighted by Gasteiger charge is 2.21. The molecule has 90 valence electrons. The summed E-state index contributed by atoms with van der Waals surface area (Å²) in [5.41, 5.74) is -0.545. The first kappa shape index (κ1) is 14.5. The smallest absolute Gasteiger partial charge is 0.434 e. The molecule has 0 aromatic rings. The topological polar surface area (TPSA) is 38.8 Å². The van der Waals surface area contributed by atoms with E-state index in [-0.39, 0.29) is 13.2 Å². The van der Waals surface area contributed by atoms with Gasteiger partial charge in [0.25, 0.3) is 0 Å². The molecule has 1 amide bonds. The zero-order valence-electron chi connectivity index (χ0n) is 10.4. The molecule has 4 heteroatoms. The highest BCUT2D eigenvalue weighted by atomic mass is 16.7. The second-order valence-corrected chi connectivity index (χ2v) is 4.03. The van der Waals surface area contributed by atoms with E-state index in [1.807, 2.05) is 0 Å². The zero-order valence-corrected chi connectivity index (χ0v) is 10.4. The lowest BCUT2D eigenvalue weighted by molar-refractivity contribution is -0.129. The molecule has 0 aliphatic carbocycles. The van der Waals surface area contributed by atoms with Crippen molar-refractivity contribution in [2.24, 2.45) is 0 Å². The van der Waals surface area contributed by atoms with E-state index in [0.717, 1.165) is 5.06 Å². The van der Waals surface area contributed by atoms with E-state index in [1.54, 1.807) is 33.8 Å². The van der Waals surface area contributed by atoms with Crippen molar-refractivity contribution >= 4 is 6.09 Å². The van der Waals surface area contributed by atoms with E-state index < -0.39 is 11.7 Å². The molecule has 0 heterocycles. The van der Waals surface area contributed by atoms with Gasteiger partial charge in [-0.15, -0.1) is 12.5 Å². The average molecular weight is 225 g/mol. The Labute approximate surface area is 97.2 Å². The third-order valence-corrected chi connectivity index (χ3v) is 1.36. The van der Waals surface area contributed by atoms with E-state index in [9.17, 15) is 4.79 Å². The lowest BCUT2D eigenvalue weighted by Crippen LogP contribution is -2.37. The van der Waals surface area contributed by atoms with Gasteiger partial charge in [0.05, 0.1) is 6.54 Å². The first-order valence-electron chi connectivity index (χ1n) is 5.04. The molecule has 16 heavy (non-hydrogen) atoms. The molecule has 0 radical (unpaired) electrons. The summed E-state index contributed by atoms with van der Waals surface area (Å²) in [7, 11) is 0. The molecule has 0 atom stereocenters. The van der Waals surface area contributed by atoms with Crippen molar-refractivity contribution in [2.45, 2.75) is 33.3 Å². The summed E-state index contributed by atoms with van der Waals surface area (Å²) in [6, 6.07) is 0. The predicted octanol–water partition coefficient (Wildman–Crippen LogP) is 2.36. The number of hydroxylamine groups is 2. The van der Waals surface area contributed by atoms with Gasteiger partial charge >= 0.3 is 6.09 Å². The molecule has 0 fully saturated rings.